The van der Waals surface area contributed by atoms with Crippen molar-refractivity contribution in [1.82, 2.24) is 9.80 Å². The molecule has 4 rings (SSSR count). The minimum Gasteiger partial charge on any atom is -0.410 e. The van der Waals surface area contributed by atoms with Crippen LogP contribution in [0.5, 0.6) is 5.75 Å². The summed E-state index contributed by atoms with van der Waals surface area (Å²) in [5.41, 5.74) is 0.232. The van der Waals surface area contributed by atoms with Gasteiger partial charge >= 0.3 is 6.09 Å². The van der Waals surface area contributed by atoms with E-state index in [2.05, 4.69) is 10.8 Å². The summed E-state index contributed by atoms with van der Waals surface area (Å²) in [5.74, 6) is 2.42. The first-order valence-electron chi connectivity index (χ1n) is 10.1. The maximum Gasteiger partial charge on any atom is 0.415 e. The molecular weight excluding hydrogens is 355 g/mol. The fourth-order valence-electron chi connectivity index (χ4n) is 4.35. The molecule has 2 saturated heterocycles. The van der Waals surface area contributed by atoms with Crippen LogP contribution in [0, 0.1) is 18.2 Å². The third-order valence-electron chi connectivity index (χ3n) is 5.92. The highest BCUT2D eigenvalue weighted by molar-refractivity contribution is 5.90. The number of carbonyl (C=O) groups excluding carboxylic acids is 1. The number of benzene rings is 2. The molecule has 28 heavy (non-hydrogen) atoms. The Morgan fingerprint density at radius 1 is 1.07 bits per heavy atom. The second-order valence-corrected chi connectivity index (χ2v) is 7.63. The van der Waals surface area contributed by atoms with Crippen LogP contribution in [-0.4, -0.2) is 48.1 Å². The van der Waals surface area contributed by atoms with E-state index in [1.807, 2.05) is 0 Å². The molecule has 2 fully saturated rings. The van der Waals surface area contributed by atoms with Gasteiger partial charge in [0.1, 0.15) is 11.6 Å². The number of rotatable bonds is 2. The summed E-state index contributed by atoms with van der Waals surface area (Å²) in [6.45, 7) is 3.82. The number of hydrogen-bond acceptors (Lipinski definition) is 3. The van der Waals surface area contributed by atoms with Crippen LogP contribution in [0.4, 0.5) is 9.18 Å². The van der Waals surface area contributed by atoms with Crippen molar-refractivity contribution < 1.29 is 13.9 Å². The monoisotopic (exact) mass is 380 g/mol. The molecule has 4 nitrogen and oxygen atoms in total. The summed E-state index contributed by atoms with van der Waals surface area (Å²) in [6, 6.07) is 8.68. The lowest BCUT2D eigenvalue weighted by Gasteiger charge is -2.39. The van der Waals surface area contributed by atoms with Gasteiger partial charge in [-0.25, -0.2) is 9.18 Å². The van der Waals surface area contributed by atoms with E-state index in [0.717, 1.165) is 31.3 Å². The van der Waals surface area contributed by atoms with Crippen molar-refractivity contribution >= 4 is 16.9 Å². The largest absolute Gasteiger partial charge is 0.415 e. The summed E-state index contributed by atoms with van der Waals surface area (Å²) in [6.07, 6.45) is 11.0. The number of amides is 1. The molecule has 2 aliphatic rings. The van der Waals surface area contributed by atoms with Crippen molar-refractivity contribution in [2.24, 2.45) is 0 Å². The molecule has 0 bridgehead atoms. The predicted molar refractivity (Wildman–Crippen MR) is 108 cm³/mol. The fraction of sp³-hybridized carbons (Fsp3) is 0.435. The zero-order valence-electron chi connectivity index (χ0n) is 16.0. The van der Waals surface area contributed by atoms with Crippen molar-refractivity contribution in [3.05, 3.63) is 41.7 Å². The highest BCUT2D eigenvalue weighted by Crippen LogP contribution is 2.26. The van der Waals surface area contributed by atoms with Crippen LogP contribution in [0.1, 0.15) is 37.7 Å². The van der Waals surface area contributed by atoms with Crippen LogP contribution in [0.2, 0.25) is 0 Å². The van der Waals surface area contributed by atoms with Crippen LogP contribution in [-0.2, 0) is 0 Å². The first-order chi connectivity index (χ1) is 13.7. The van der Waals surface area contributed by atoms with Crippen molar-refractivity contribution in [3.8, 4) is 18.1 Å². The standard InChI is InChI=1S/C23H25FN2O2/c1-2-20-21-8-7-19(16-17(21)6-9-22(20)24)28-23(27)26-14-10-18(11-15-26)25-12-4-3-5-13-25/h1,6-9,16,18H,3-5,10-15H2. The summed E-state index contributed by atoms with van der Waals surface area (Å²) >= 11 is 0. The van der Waals surface area contributed by atoms with E-state index in [-0.39, 0.29) is 11.7 Å². The van der Waals surface area contributed by atoms with E-state index < -0.39 is 5.82 Å². The van der Waals surface area contributed by atoms with Crippen LogP contribution >= 0.6 is 0 Å². The lowest BCUT2D eigenvalue weighted by Crippen LogP contribution is -2.48. The number of likely N-dealkylation sites (tertiary alicyclic amines) is 2. The molecule has 2 aliphatic heterocycles. The number of fused-ring (bicyclic) bond motifs is 1. The van der Waals surface area contributed by atoms with Crippen molar-refractivity contribution in [1.29, 1.82) is 0 Å². The Morgan fingerprint density at radius 3 is 2.54 bits per heavy atom. The lowest BCUT2D eigenvalue weighted by molar-refractivity contribution is 0.0878. The van der Waals surface area contributed by atoms with Crippen LogP contribution < -0.4 is 4.74 Å². The van der Waals surface area contributed by atoms with Gasteiger partial charge in [-0.1, -0.05) is 18.4 Å². The number of carbonyl (C=O) groups is 1. The summed E-state index contributed by atoms with van der Waals surface area (Å²) in [7, 11) is 0. The van der Waals surface area contributed by atoms with Gasteiger partial charge < -0.3 is 14.5 Å². The van der Waals surface area contributed by atoms with Gasteiger partial charge in [-0.15, -0.1) is 6.42 Å². The molecule has 0 unspecified atom stereocenters. The van der Waals surface area contributed by atoms with Gasteiger partial charge in [0.05, 0.1) is 5.56 Å². The van der Waals surface area contributed by atoms with Crippen molar-refractivity contribution in [2.75, 3.05) is 26.2 Å². The molecule has 0 spiro atoms. The number of nitrogens with zero attached hydrogens (tertiary/aromatic N) is 2. The molecule has 5 heteroatoms. The number of piperidine rings is 2. The third kappa shape index (κ3) is 3.83. The normalized spacial score (nSPS) is 18.8. The Hall–Kier alpha value is -2.58. The molecule has 146 valence electrons. The maximum atomic E-state index is 13.8. The quantitative estimate of drug-likeness (QED) is 0.724. The molecule has 1 amide bonds. The minimum absolute atomic E-state index is 0.232. The second kappa shape index (κ2) is 8.20. The van der Waals surface area contributed by atoms with Crippen molar-refractivity contribution in [2.45, 2.75) is 38.1 Å². The van der Waals surface area contributed by atoms with Gasteiger partial charge in [-0.2, -0.15) is 0 Å². The van der Waals surface area contributed by atoms with E-state index in [1.54, 1.807) is 29.2 Å². The first-order valence-corrected chi connectivity index (χ1v) is 10.1. The Labute approximate surface area is 165 Å². The summed E-state index contributed by atoms with van der Waals surface area (Å²) < 4.78 is 19.4. The van der Waals surface area contributed by atoms with E-state index in [9.17, 15) is 9.18 Å². The lowest BCUT2D eigenvalue weighted by atomic mass is 10.0. The average Bonchev–Trinajstić information content (AvgIpc) is 2.74. The number of terminal acetylenes is 1. The Bertz CT molecular complexity index is 907. The Kier molecular flexibility index (Phi) is 5.50. The maximum absolute atomic E-state index is 13.8. The SMILES string of the molecule is C#Cc1c(F)ccc2cc(OC(=O)N3CCC(N4CCCCC4)CC3)ccc12. The molecule has 0 radical (unpaired) electrons. The average molecular weight is 380 g/mol. The van der Waals surface area contributed by atoms with Gasteiger partial charge in [-0.05, 0) is 68.4 Å². The van der Waals surface area contributed by atoms with Gasteiger partial charge in [0, 0.05) is 24.5 Å². The van der Waals surface area contributed by atoms with Crippen molar-refractivity contribution in [3.63, 3.8) is 0 Å². The molecule has 0 aliphatic carbocycles. The number of halogens is 1. The molecule has 0 aromatic heterocycles. The summed E-state index contributed by atoms with van der Waals surface area (Å²) in [5, 5.41) is 1.40. The zero-order valence-corrected chi connectivity index (χ0v) is 16.0. The second-order valence-electron chi connectivity index (χ2n) is 7.63. The minimum atomic E-state index is -0.420. The first kappa shape index (κ1) is 18.8. The Morgan fingerprint density at radius 2 is 1.82 bits per heavy atom. The molecule has 2 heterocycles. The number of ether oxygens (including phenoxy) is 1. The predicted octanol–water partition coefficient (Wildman–Crippen LogP) is 4.41. The molecule has 0 saturated carbocycles. The third-order valence-corrected chi connectivity index (χ3v) is 5.92. The van der Waals surface area contributed by atoms with Gasteiger partial charge in [-0.3, -0.25) is 0 Å². The number of hydrogen-bond donors (Lipinski definition) is 0. The van der Waals surface area contributed by atoms with Crippen LogP contribution in [0.25, 0.3) is 10.8 Å². The highest BCUT2D eigenvalue weighted by Gasteiger charge is 2.28. The zero-order chi connectivity index (χ0) is 19.5. The molecule has 2 aromatic rings. The molecule has 0 atom stereocenters. The van der Waals surface area contributed by atoms with Gasteiger partial charge in [0.15, 0.2) is 0 Å². The van der Waals surface area contributed by atoms with Crippen LogP contribution in [0.15, 0.2) is 30.3 Å². The topological polar surface area (TPSA) is 32.8 Å². The van der Waals surface area contributed by atoms with E-state index in [1.165, 1.54) is 38.4 Å². The van der Waals surface area contributed by atoms with Crippen LogP contribution in [0.3, 0.4) is 0 Å². The molecule has 2 aromatic carbocycles. The Balaban J connectivity index is 1.39. The highest BCUT2D eigenvalue weighted by atomic mass is 19.1. The van der Waals surface area contributed by atoms with Gasteiger partial charge in [0.2, 0.25) is 0 Å². The van der Waals surface area contributed by atoms with E-state index in [4.69, 9.17) is 11.2 Å². The molecule has 0 N–H and O–H groups in total. The molecular formula is C23H25FN2O2. The van der Waals surface area contributed by atoms with E-state index in [0.29, 0.717) is 17.2 Å². The fourth-order valence-corrected chi connectivity index (χ4v) is 4.35. The smallest absolute Gasteiger partial charge is 0.410 e. The van der Waals surface area contributed by atoms with E-state index >= 15 is 0 Å². The van der Waals surface area contributed by atoms with Gasteiger partial charge in [0.25, 0.3) is 0 Å². The summed E-state index contributed by atoms with van der Waals surface area (Å²) in [4.78, 5) is 16.9.